The number of carbonyl (C=O) groups excluding carboxylic acids is 2. The zero-order valence-electron chi connectivity index (χ0n) is 14.5. The molecule has 0 unspecified atom stereocenters. The number of anilines is 1. The number of nitrogens with zero attached hydrogens (tertiary/aromatic N) is 1. The van der Waals surface area contributed by atoms with Crippen molar-refractivity contribution in [3.8, 4) is 5.75 Å². The molecule has 0 radical (unpaired) electrons. The highest BCUT2D eigenvalue weighted by Gasteiger charge is 2.08. The van der Waals surface area contributed by atoms with Crippen molar-refractivity contribution >= 4 is 17.5 Å². The number of hydrogen-bond donors (Lipinski definition) is 2. The number of ether oxygens (including phenoxy) is 1. The molecule has 2 rings (SSSR count). The lowest BCUT2D eigenvalue weighted by atomic mass is 10.2. The number of hydrogen-bond acceptors (Lipinski definition) is 4. The van der Waals surface area contributed by atoms with Crippen molar-refractivity contribution in [1.82, 2.24) is 10.9 Å². The fraction of sp³-hybridized carbons (Fsp3) is 0.263. The van der Waals surface area contributed by atoms with Gasteiger partial charge in [0, 0.05) is 31.8 Å². The number of nitrogens with one attached hydrogen (secondary N) is 2. The Morgan fingerprint density at radius 1 is 1.00 bits per heavy atom. The highest BCUT2D eigenvalue weighted by molar-refractivity contribution is 5.96. The van der Waals surface area contributed by atoms with Crippen molar-refractivity contribution < 1.29 is 14.3 Å². The maximum Gasteiger partial charge on any atom is 0.269 e. The van der Waals surface area contributed by atoms with Gasteiger partial charge in [0.15, 0.2) is 0 Å². The second kappa shape index (κ2) is 9.32. The third-order valence-electron chi connectivity index (χ3n) is 3.50. The second-order valence-electron chi connectivity index (χ2n) is 5.71. The molecule has 0 atom stereocenters. The molecule has 2 N–H and O–H groups in total. The minimum absolute atomic E-state index is 0.256. The van der Waals surface area contributed by atoms with Crippen LogP contribution in [0.4, 0.5) is 5.69 Å². The summed E-state index contributed by atoms with van der Waals surface area (Å²) in [6, 6.07) is 16.6. The van der Waals surface area contributed by atoms with Gasteiger partial charge in [-0.1, -0.05) is 24.3 Å². The van der Waals surface area contributed by atoms with Crippen LogP contribution in [0.5, 0.6) is 5.75 Å². The van der Waals surface area contributed by atoms with E-state index in [0.717, 1.165) is 11.4 Å². The minimum atomic E-state index is -0.349. The Hall–Kier alpha value is -3.02. The topological polar surface area (TPSA) is 70.7 Å². The van der Waals surface area contributed by atoms with Crippen molar-refractivity contribution in [2.24, 2.45) is 0 Å². The molecule has 25 heavy (non-hydrogen) atoms. The normalized spacial score (nSPS) is 10.0. The highest BCUT2D eigenvalue weighted by atomic mass is 16.5. The van der Waals surface area contributed by atoms with Crippen molar-refractivity contribution in [2.75, 3.05) is 25.6 Å². The fourth-order valence-corrected chi connectivity index (χ4v) is 2.13. The van der Waals surface area contributed by atoms with E-state index in [-0.39, 0.29) is 18.2 Å². The standard InChI is InChI=1S/C19H23N3O3/c1-22(2)16-9-6-8-15(14-16)19(24)21-20-18(23)12-7-13-25-17-10-4-3-5-11-17/h3-6,8-11,14H,7,12-13H2,1-2H3,(H,20,23)(H,21,24). The van der Waals surface area contributed by atoms with E-state index in [9.17, 15) is 9.59 Å². The summed E-state index contributed by atoms with van der Waals surface area (Å²) >= 11 is 0. The van der Waals surface area contributed by atoms with E-state index in [2.05, 4.69) is 10.9 Å². The average molecular weight is 341 g/mol. The number of hydrazine groups is 1. The van der Waals surface area contributed by atoms with Crippen LogP contribution in [0.1, 0.15) is 23.2 Å². The van der Waals surface area contributed by atoms with Gasteiger partial charge in [-0.3, -0.25) is 20.4 Å². The number of amides is 2. The molecule has 0 fully saturated rings. The van der Waals surface area contributed by atoms with Crippen LogP contribution in [-0.4, -0.2) is 32.5 Å². The molecule has 6 nitrogen and oxygen atoms in total. The van der Waals surface area contributed by atoms with Gasteiger partial charge in [-0.15, -0.1) is 0 Å². The van der Waals surface area contributed by atoms with E-state index in [1.54, 1.807) is 18.2 Å². The van der Waals surface area contributed by atoms with Crippen LogP contribution in [-0.2, 0) is 4.79 Å². The van der Waals surface area contributed by atoms with Gasteiger partial charge in [0.05, 0.1) is 6.61 Å². The predicted molar refractivity (Wildman–Crippen MR) is 97.5 cm³/mol. The van der Waals surface area contributed by atoms with Crippen LogP contribution in [0, 0.1) is 0 Å². The Morgan fingerprint density at radius 2 is 1.76 bits per heavy atom. The van der Waals surface area contributed by atoms with Crippen molar-refractivity contribution in [1.29, 1.82) is 0 Å². The monoisotopic (exact) mass is 341 g/mol. The molecular formula is C19H23N3O3. The van der Waals surface area contributed by atoms with E-state index in [1.165, 1.54) is 0 Å². The van der Waals surface area contributed by atoms with Gasteiger partial charge >= 0.3 is 0 Å². The van der Waals surface area contributed by atoms with Crippen molar-refractivity contribution in [3.05, 3.63) is 60.2 Å². The predicted octanol–water partition coefficient (Wildman–Crippen LogP) is 2.37. The van der Waals surface area contributed by atoms with E-state index < -0.39 is 0 Å². The molecular weight excluding hydrogens is 318 g/mol. The van der Waals surface area contributed by atoms with Crippen LogP contribution in [0.15, 0.2) is 54.6 Å². The maximum absolute atomic E-state index is 12.1. The van der Waals surface area contributed by atoms with Crippen LogP contribution >= 0.6 is 0 Å². The first-order chi connectivity index (χ1) is 12.1. The Bertz CT molecular complexity index is 702. The van der Waals surface area contributed by atoms with Gasteiger partial charge in [-0.2, -0.15) is 0 Å². The number of carbonyl (C=O) groups is 2. The molecule has 6 heteroatoms. The van der Waals surface area contributed by atoms with Gasteiger partial charge in [-0.25, -0.2) is 0 Å². The van der Waals surface area contributed by atoms with E-state index in [4.69, 9.17) is 4.74 Å². The van der Waals surface area contributed by atoms with Gasteiger partial charge < -0.3 is 9.64 Å². The Morgan fingerprint density at radius 3 is 2.48 bits per heavy atom. The molecule has 2 aromatic carbocycles. The summed E-state index contributed by atoms with van der Waals surface area (Å²) in [7, 11) is 3.80. The second-order valence-corrected chi connectivity index (χ2v) is 5.71. The summed E-state index contributed by atoms with van der Waals surface area (Å²) in [5, 5.41) is 0. The van der Waals surface area contributed by atoms with Gasteiger partial charge in [-0.05, 0) is 36.8 Å². The number of para-hydroxylation sites is 1. The summed E-state index contributed by atoms with van der Waals surface area (Å²) in [5.41, 5.74) is 6.25. The zero-order chi connectivity index (χ0) is 18.1. The molecule has 0 aliphatic carbocycles. The van der Waals surface area contributed by atoms with Gasteiger partial charge in [0.1, 0.15) is 5.75 Å². The quantitative estimate of drug-likeness (QED) is 0.599. The fourth-order valence-electron chi connectivity index (χ4n) is 2.13. The Kier molecular flexibility index (Phi) is 6.83. The van der Waals surface area contributed by atoms with E-state index in [0.29, 0.717) is 18.6 Å². The smallest absolute Gasteiger partial charge is 0.269 e. The SMILES string of the molecule is CN(C)c1cccc(C(=O)NNC(=O)CCCOc2ccccc2)c1. The molecule has 0 saturated carbocycles. The van der Waals surface area contributed by atoms with Gasteiger partial charge in [0.2, 0.25) is 5.91 Å². The molecule has 2 amide bonds. The first kappa shape index (κ1) is 18.3. The first-order valence-corrected chi connectivity index (χ1v) is 8.10. The van der Waals surface area contributed by atoms with E-state index in [1.807, 2.05) is 55.4 Å². The Balaban J connectivity index is 1.69. The maximum atomic E-state index is 12.1. The number of rotatable bonds is 7. The minimum Gasteiger partial charge on any atom is -0.494 e. The largest absolute Gasteiger partial charge is 0.494 e. The molecule has 132 valence electrons. The lowest BCUT2D eigenvalue weighted by Crippen LogP contribution is -2.41. The number of benzene rings is 2. The molecule has 0 aliphatic rings. The molecule has 0 bridgehead atoms. The van der Waals surface area contributed by atoms with Gasteiger partial charge in [0.25, 0.3) is 5.91 Å². The molecule has 0 heterocycles. The average Bonchev–Trinajstić information content (AvgIpc) is 2.64. The third kappa shape index (κ3) is 6.18. The van der Waals surface area contributed by atoms with Crippen molar-refractivity contribution in [2.45, 2.75) is 12.8 Å². The van der Waals surface area contributed by atoms with Crippen LogP contribution in [0.25, 0.3) is 0 Å². The molecule has 0 aliphatic heterocycles. The van der Waals surface area contributed by atoms with Crippen LogP contribution in [0.2, 0.25) is 0 Å². The highest BCUT2D eigenvalue weighted by Crippen LogP contribution is 2.13. The van der Waals surface area contributed by atoms with Crippen LogP contribution in [0.3, 0.4) is 0 Å². The lowest BCUT2D eigenvalue weighted by molar-refractivity contribution is -0.122. The van der Waals surface area contributed by atoms with Crippen LogP contribution < -0.4 is 20.5 Å². The molecule has 0 saturated heterocycles. The third-order valence-corrected chi connectivity index (χ3v) is 3.50. The summed E-state index contributed by atoms with van der Waals surface area (Å²) < 4.78 is 5.51. The molecule has 0 aromatic heterocycles. The summed E-state index contributed by atoms with van der Waals surface area (Å²) in [6.45, 7) is 0.441. The molecule has 0 spiro atoms. The zero-order valence-corrected chi connectivity index (χ0v) is 14.5. The molecule has 2 aromatic rings. The Labute approximate surface area is 147 Å². The summed E-state index contributed by atoms with van der Waals surface area (Å²) in [5.74, 6) is 0.170. The first-order valence-electron chi connectivity index (χ1n) is 8.10. The van der Waals surface area contributed by atoms with Crippen molar-refractivity contribution in [3.63, 3.8) is 0 Å². The van der Waals surface area contributed by atoms with E-state index >= 15 is 0 Å². The summed E-state index contributed by atoms with van der Waals surface area (Å²) in [4.78, 5) is 25.8. The summed E-state index contributed by atoms with van der Waals surface area (Å²) in [6.07, 6.45) is 0.831. The lowest BCUT2D eigenvalue weighted by Gasteiger charge is -2.13.